The van der Waals surface area contributed by atoms with E-state index in [1.165, 1.54) is 4.70 Å². The van der Waals surface area contributed by atoms with Gasteiger partial charge in [0.2, 0.25) is 0 Å². The van der Waals surface area contributed by atoms with Gasteiger partial charge in [0.1, 0.15) is 18.1 Å². The smallest absolute Gasteiger partial charge is 0.123 e. The van der Waals surface area contributed by atoms with Crippen LogP contribution in [0.1, 0.15) is 5.56 Å². The number of halogens is 1. The zero-order valence-corrected chi connectivity index (χ0v) is 12.5. The average Bonchev–Trinajstić information content (AvgIpc) is 2.90. The van der Waals surface area contributed by atoms with Crippen LogP contribution in [0.5, 0.6) is 11.5 Å². The SMILES string of the molecule is COc1cccc(OCc2csc3cccc(Cl)c23)c1. The molecule has 0 bridgehead atoms. The molecule has 3 aromatic rings. The highest BCUT2D eigenvalue weighted by molar-refractivity contribution is 7.17. The van der Waals surface area contributed by atoms with Crippen molar-refractivity contribution in [3.63, 3.8) is 0 Å². The molecule has 0 spiro atoms. The van der Waals surface area contributed by atoms with E-state index in [9.17, 15) is 0 Å². The Kier molecular flexibility index (Phi) is 3.81. The molecule has 2 aromatic carbocycles. The summed E-state index contributed by atoms with van der Waals surface area (Å²) in [5.41, 5.74) is 1.11. The number of hydrogen-bond acceptors (Lipinski definition) is 3. The quantitative estimate of drug-likeness (QED) is 0.664. The van der Waals surface area contributed by atoms with Crippen LogP contribution >= 0.6 is 22.9 Å². The molecule has 0 fully saturated rings. The molecule has 1 aromatic heterocycles. The normalized spacial score (nSPS) is 10.7. The highest BCUT2D eigenvalue weighted by atomic mass is 35.5. The second-order valence-electron chi connectivity index (χ2n) is 4.34. The van der Waals surface area contributed by atoms with Crippen LogP contribution in [0.3, 0.4) is 0 Å². The van der Waals surface area contributed by atoms with Gasteiger partial charge >= 0.3 is 0 Å². The van der Waals surface area contributed by atoms with Gasteiger partial charge in [0.05, 0.1) is 7.11 Å². The van der Waals surface area contributed by atoms with E-state index >= 15 is 0 Å². The molecule has 0 unspecified atom stereocenters. The van der Waals surface area contributed by atoms with Gasteiger partial charge in [-0.15, -0.1) is 11.3 Å². The Morgan fingerprint density at radius 1 is 1.10 bits per heavy atom. The van der Waals surface area contributed by atoms with Gasteiger partial charge in [-0.25, -0.2) is 0 Å². The number of hydrogen-bond donors (Lipinski definition) is 0. The Bertz CT molecular complexity index is 736. The Hall–Kier alpha value is -1.71. The molecular formula is C16H13ClO2S. The second kappa shape index (κ2) is 5.73. The van der Waals surface area contributed by atoms with Crippen LogP contribution in [-0.2, 0) is 6.61 Å². The van der Waals surface area contributed by atoms with Crippen molar-refractivity contribution in [1.82, 2.24) is 0 Å². The van der Waals surface area contributed by atoms with E-state index in [0.29, 0.717) is 6.61 Å². The fraction of sp³-hybridized carbons (Fsp3) is 0.125. The molecule has 0 N–H and O–H groups in total. The Labute approximate surface area is 126 Å². The monoisotopic (exact) mass is 304 g/mol. The third-order valence-electron chi connectivity index (χ3n) is 3.06. The van der Waals surface area contributed by atoms with Gasteiger partial charge < -0.3 is 9.47 Å². The number of methoxy groups -OCH3 is 1. The van der Waals surface area contributed by atoms with Crippen molar-refractivity contribution in [3.05, 3.63) is 58.4 Å². The van der Waals surface area contributed by atoms with Crippen molar-refractivity contribution in [2.45, 2.75) is 6.61 Å². The molecule has 102 valence electrons. The molecule has 4 heteroatoms. The van der Waals surface area contributed by atoms with Crippen molar-refractivity contribution in [2.24, 2.45) is 0 Å². The number of rotatable bonds is 4. The first kappa shape index (κ1) is 13.3. The summed E-state index contributed by atoms with van der Waals surface area (Å²) in [6.07, 6.45) is 0. The lowest BCUT2D eigenvalue weighted by atomic mass is 10.2. The summed E-state index contributed by atoms with van der Waals surface area (Å²) in [5, 5.41) is 3.95. The third-order valence-corrected chi connectivity index (χ3v) is 4.37. The van der Waals surface area contributed by atoms with Crippen LogP contribution < -0.4 is 9.47 Å². The van der Waals surface area contributed by atoms with Crippen molar-refractivity contribution >= 4 is 33.0 Å². The largest absolute Gasteiger partial charge is 0.497 e. The Morgan fingerprint density at radius 2 is 1.90 bits per heavy atom. The molecule has 0 aliphatic rings. The molecule has 0 saturated heterocycles. The van der Waals surface area contributed by atoms with Gasteiger partial charge in [-0.1, -0.05) is 23.7 Å². The molecule has 0 aliphatic carbocycles. The lowest BCUT2D eigenvalue weighted by Gasteiger charge is -2.07. The molecule has 3 rings (SSSR count). The minimum Gasteiger partial charge on any atom is -0.497 e. The molecular weight excluding hydrogens is 292 g/mol. The average molecular weight is 305 g/mol. The number of ether oxygens (including phenoxy) is 2. The van der Waals surface area contributed by atoms with E-state index in [4.69, 9.17) is 21.1 Å². The Balaban J connectivity index is 1.83. The summed E-state index contributed by atoms with van der Waals surface area (Å²) >= 11 is 7.95. The lowest BCUT2D eigenvalue weighted by Crippen LogP contribution is -1.95. The van der Waals surface area contributed by atoms with E-state index in [0.717, 1.165) is 27.5 Å². The number of fused-ring (bicyclic) bond motifs is 1. The van der Waals surface area contributed by atoms with E-state index in [-0.39, 0.29) is 0 Å². The van der Waals surface area contributed by atoms with Crippen molar-refractivity contribution in [3.8, 4) is 11.5 Å². The van der Waals surface area contributed by atoms with Crippen LogP contribution in [0.2, 0.25) is 5.02 Å². The Morgan fingerprint density at radius 3 is 2.75 bits per heavy atom. The zero-order chi connectivity index (χ0) is 13.9. The topological polar surface area (TPSA) is 18.5 Å². The van der Waals surface area contributed by atoms with E-state index in [1.54, 1.807) is 18.4 Å². The summed E-state index contributed by atoms with van der Waals surface area (Å²) in [6, 6.07) is 13.5. The molecule has 0 atom stereocenters. The predicted octanol–water partition coefficient (Wildman–Crippen LogP) is 5.14. The third kappa shape index (κ3) is 2.60. The maximum atomic E-state index is 6.26. The van der Waals surface area contributed by atoms with Gasteiger partial charge in [0, 0.05) is 26.7 Å². The maximum Gasteiger partial charge on any atom is 0.123 e. The van der Waals surface area contributed by atoms with Crippen LogP contribution in [0, 0.1) is 0 Å². The summed E-state index contributed by atoms with van der Waals surface area (Å²) < 4.78 is 12.2. The number of benzene rings is 2. The van der Waals surface area contributed by atoms with E-state index in [1.807, 2.05) is 36.4 Å². The number of thiophene rings is 1. The van der Waals surface area contributed by atoms with Crippen LogP contribution in [0.25, 0.3) is 10.1 Å². The van der Waals surface area contributed by atoms with Gasteiger partial charge in [-0.3, -0.25) is 0 Å². The van der Waals surface area contributed by atoms with Crippen LogP contribution in [-0.4, -0.2) is 7.11 Å². The maximum absolute atomic E-state index is 6.26. The summed E-state index contributed by atoms with van der Waals surface area (Å²) in [5.74, 6) is 1.58. The summed E-state index contributed by atoms with van der Waals surface area (Å²) in [7, 11) is 1.64. The van der Waals surface area contributed by atoms with E-state index < -0.39 is 0 Å². The summed E-state index contributed by atoms with van der Waals surface area (Å²) in [4.78, 5) is 0. The van der Waals surface area contributed by atoms with Gasteiger partial charge in [-0.05, 0) is 29.6 Å². The van der Waals surface area contributed by atoms with Crippen LogP contribution in [0.15, 0.2) is 47.8 Å². The van der Waals surface area contributed by atoms with Gasteiger partial charge in [0.25, 0.3) is 0 Å². The van der Waals surface area contributed by atoms with Gasteiger partial charge in [-0.2, -0.15) is 0 Å². The van der Waals surface area contributed by atoms with E-state index in [2.05, 4.69) is 11.4 Å². The molecule has 0 aliphatic heterocycles. The second-order valence-corrected chi connectivity index (χ2v) is 5.66. The fourth-order valence-electron chi connectivity index (χ4n) is 2.07. The molecule has 1 heterocycles. The highest BCUT2D eigenvalue weighted by Gasteiger charge is 2.08. The minimum absolute atomic E-state index is 0.497. The first-order chi connectivity index (χ1) is 9.78. The van der Waals surface area contributed by atoms with Crippen LogP contribution in [0.4, 0.5) is 0 Å². The first-order valence-electron chi connectivity index (χ1n) is 6.19. The molecule has 0 saturated carbocycles. The van der Waals surface area contributed by atoms with Crippen molar-refractivity contribution in [1.29, 1.82) is 0 Å². The predicted molar refractivity (Wildman–Crippen MR) is 84.2 cm³/mol. The standard InChI is InChI=1S/C16H13ClO2S/c1-18-12-4-2-5-13(8-12)19-9-11-10-20-15-7-3-6-14(17)16(11)15/h2-8,10H,9H2,1H3. The highest BCUT2D eigenvalue weighted by Crippen LogP contribution is 2.32. The summed E-state index contributed by atoms with van der Waals surface area (Å²) in [6.45, 7) is 0.497. The molecule has 20 heavy (non-hydrogen) atoms. The zero-order valence-electron chi connectivity index (χ0n) is 10.9. The van der Waals surface area contributed by atoms with Gasteiger partial charge in [0.15, 0.2) is 0 Å². The molecule has 0 radical (unpaired) electrons. The fourth-order valence-corrected chi connectivity index (χ4v) is 3.39. The first-order valence-corrected chi connectivity index (χ1v) is 7.45. The lowest BCUT2D eigenvalue weighted by molar-refractivity contribution is 0.305. The molecule has 2 nitrogen and oxygen atoms in total. The van der Waals surface area contributed by atoms with Crippen molar-refractivity contribution < 1.29 is 9.47 Å². The minimum atomic E-state index is 0.497. The van der Waals surface area contributed by atoms with Crippen molar-refractivity contribution in [2.75, 3.05) is 7.11 Å². The molecule has 0 amide bonds.